The number of carbonyl (C=O) groups excluding carboxylic acids is 1. The average molecular weight is 383 g/mol. The number of aryl methyl sites for hydroxylation is 1. The molecule has 0 fully saturated rings. The molecule has 2 N–H and O–H groups in total. The highest BCUT2D eigenvalue weighted by Crippen LogP contribution is 2.27. The monoisotopic (exact) mass is 383 g/mol. The summed E-state index contributed by atoms with van der Waals surface area (Å²) in [5, 5.41) is 7.05. The van der Waals surface area contributed by atoms with Gasteiger partial charge in [-0.3, -0.25) is 4.79 Å². The van der Waals surface area contributed by atoms with Crippen molar-refractivity contribution in [3.8, 4) is 11.5 Å². The van der Waals surface area contributed by atoms with E-state index >= 15 is 0 Å². The first-order valence-electron chi connectivity index (χ1n) is 9.41. The van der Waals surface area contributed by atoms with Crippen LogP contribution in [0.4, 0.5) is 5.69 Å². The van der Waals surface area contributed by atoms with Crippen LogP contribution in [0.2, 0.25) is 0 Å². The largest absolute Gasteiger partial charge is 0.493 e. The Hall–Kier alpha value is -3.02. The van der Waals surface area contributed by atoms with Gasteiger partial charge in [0, 0.05) is 5.69 Å². The lowest BCUT2D eigenvalue weighted by Gasteiger charge is -2.12. The van der Waals surface area contributed by atoms with Crippen LogP contribution in [0.1, 0.15) is 31.4 Å². The number of amides is 1. The summed E-state index contributed by atoms with van der Waals surface area (Å²) in [6.07, 6.45) is 2.55. The summed E-state index contributed by atoms with van der Waals surface area (Å²) < 4.78 is 11.2. The highest BCUT2D eigenvalue weighted by atomic mass is 16.5. The molecule has 2 aromatic carbocycles. The number of nitrogens with zero attached hydrogens (tertiary/aromatic N) is 1. The Kier molecular flexibility index (Phi) is 8.34. The van der Waals surface area contributed by atoms with Crippen LogP contribution in [0.25, 0.3) is 0 Å². The van der Waals surface area contributed by atoms with E-state index in [-0.39, 0.29) is 12.5 Å². The van der Waals surface area contributed by atoms with E-state index in [0.717, 1.165) is 17.7 Å². The number of hydrogen-bond acceptors (Lipinski definition) is 5. The summed E-state index contributed by atoms with van der Waals surface area (Å²) in [5.41, 5.74) is 5.38. The van der Waals surface area contributed by atoms with Gasteiger partial charge in [-0.2, -0.15) is 5.10 Å². The fraction of sp³-hybridized carbons (Fsp3) is 0.364. The summed E-state index contributed by atoms with van der Waals surface area (Å²) in [4.78, 5) is 11.9. The standard InChI is InChI=1S/C22H29N3O3/c1-16(2)11-12-28-20-10-7-18(13-21(20)27-4)14-24-25-22(26)15-23-19-8-5-17(3)6-9-19/h5-10,13-14,16,23H,11-12,15H2,1-4H3,(H,25,26)/b24-14-. The zero-order valence-corrected chi connectivity index (χ0v) is 17.0. The first-order chi connectivity index (χ1) is 13.5. The molecule has 0 aromatic heterocycles. The molecule has 0 heterocycles. The van der Waals surface area contributed by atoms with Crippen molar-refractivity contribution in [3.05, 3.63) is 53.6 Å². The highest BCUT2D eigenvalue weighted by Gasteiger charge is 2.06. The van der Waals surface area contributed by atoms with Gasteiger partial charge in [0.1, 0.15) is 0 Å². The third-order valence-electron chi connectivity index (χ3n) is 4.05. The molecule has 6 heteroatoms. The Labute approximate surface area is 166 Å². The fourth-order valence-corrected chi connectivity index (χ4v) is 2.36. The molecule has 28 heavy (non-hydrogen) atoms. The van der Waals surface area contributed by atoms with Gasteiger partial charge in [0.2, 0.25) is 0 Å². The first kappa shape index (κ1) is 21.3. The Bertz CT molecular complexity index is 786. The van der Waals surface area contributed by atoms with Crippen molar-refractivity contribution in [2.24, 2.45) is 11.0 Å². The number of hydrogen-bond donors (Lipinski definition) is 2. The van der Waals surface area contributed by atoms with Crippen LogP contribution >= 0.6 is 0 Å². The lowest BCUT2D eigenvalue weighted by atomic mass is 10.1. The number of methoxy groups -OCH3 is 1. The lowest BCUT2D eigenvalue weighted by molar-refractivity contribution is -0.119. The van der Waals surface area contributed by atoms with Gasteiger partial charge in [-0.15, -0.1) is 0 Å². The molecule has 150 valence electrons. The lowest BCUT2D eigenvalue weighted by Crippen LogP contribution is -2.25. The fourth-order valence-electron chi connectivity index (χ4n) is 2.36. The topological polar surface area (TPSA) is 72.0 Å². The van der Waals surface area contributed by atoms with Gasteiger partial charge in [-0.25, -0.2) is 5.43 Å². The maximum atomic E-state index is 11.9. The van der Waals surface area contributed by atoms with Crippen molar-refractivity contribution in [3.63, 3.8) is 0 Å². The molecule has 0 unspecified atom stereocenters. The quantitative estimate of drug-likeness (QED) is 0.481. The SMILES string of the molecule is COc1cc(/C=N\NC(=O)CNc2ccc(C)cc2)ccc1OCCC(C)C. The number of benzene rings is 2. The van der Waals surface area contributed by atoms with E-state index in [1.54, 1.807) is 13.3 Å². The van der Waals surface area contributed by atoms with E-state index in [0.29, 0.717) is 24.0 Å². The predicted octanol–water partition coefficient (Wildman–Crippen LogP) is 3.99. The van der Waals surface area contributed by atoms with Crippen LogP contribution in [0.15, 0.2) is 47.6 Å². The smallest absolute Gasteiger partial charge is 0.259 e. The van der Waals surface area contributed by atoms with Gasteiger partial charge in [0.25, 0.3) is 5.91 Å². The molecule has 0 aliphatic rings. The van der Waals surface area contributed by atoms with Crippen LogP contribution in [0.5, 0.6) is 11.5 Å². The highest BCUT2D eigenvalue weighted by molar-refractivity contribution is 5.84. The average Bonchev–Trinajstić information content (AvgIpc) is 2.68. The molecule has 2 aromatic rings. The maximum absolute atomic E-state index is 11.9. The Morgan fingerprint density at radius 3 is 2.57 bits per heavy atom. The van der Waals surface area contributed by atoms with E-state index < -0.39 is 0 Å². The molecule has 0 aliphatic carbocycles. The van der Waals surface area contributed by atoms with Crippen LogP contribution in [-0.4, -0.2) is 32.4 Å². The zero-order valence-electron chi connectivity index (χ0n) is 17.0. The van der Waals surface area contributed by atoms with E-state index in [9.17, 15) is 4.79 Å². The first-order valence-corrected chi connectivity index (χ1v) is 9.41. The van der Waals surface area contributed by atoms with Gasteiger partial charge in [-0.1, -0.05) is 31.5 Å². The Balaban J connectivity index is 1.83. The van der Waals surface area contributed by atoms with E-state index in [2.05, 4.69) is 29.7 Å². The third kappa shape index (κ3) is 7.31. The minimum atomic E-state index is -0.225. The van der Waals surface area contributed by atoms with Gasteiger partial charge in [0.15, 0.2) is 11.5 Å². The van der Waals surface area contributed by atoms with Crippen molar-refractivity contribution in [1.29, 1.82) is 0 Å². The second-order valence-corrected chi connectivity index (χ2v) is 6.95. The van der Waals surface area contributed by atoms with Crippen molar-refractivity contribution in [2.75, 3.05) is 25.6 Å². The summed E-state index contributed by atoms with van der Waals surface area (Å²) in [5.74, 6) is 1.70. The Morgan fingerprint density at radius 1 is 1.14 bits per heavy atom. The molecule has 0 atom stereocenters. The summed E-state index contributed by atoms with van der Waals surface area (Å²) in [6.45, 7) is 7.12. The minimum absolute atomic E-state index is 0.145. The molecule has 0 radical (unpaired) electrons. The third-order valence-corrected chi connectivity index (χ3v) is 4.05. The number of anilines is 1. The number of ether oxygens (including phenoxy) is 2. The Morgan fingerprint density at radius 2 is 1.89 bits per heavy atom. The molecule has 2 rings (SSSR count). The van der Waals surface area contributed by atoms with Gasteiger partial charge >= 0.3 is 0 Å². The zero-order chi connectivity index (χ0) is 20.4. The van der Waals surface area contributed by atoms with E-state index in [1.807, 2.05) is 49.4 Å². The van der Waals surface area contributed by atoms with E-state index in [4.69, 9.17) is 9.47 Å². The number of carbonyl (C=O) groups is 1. The minimum Gasteiger partial charge on any atom is -0.493 e. The molecule has 6 nitrogen and oxygen atoms in total. The molecule has 0 spiro atoms. The number of rotatable bonds is 10. The molecular weight excluding hydrogens is 354 g/mol. The number of nitrogens with one attached hydrogen (secondary N) is 2. The van der Waals surface area contributed by atoms with Crippen LogP contribution in [0, 0.1) is 12.8 Å². The van der Waals surface area contributed by atoms with Gasteiger partial charge in [0.05, 0.1) is 26.5 Å². The predicted molar refractivity (Wildman–Crippen MR) is 113 cm³/mol. The molecule has 0 bridgehead atoms. The van der Waals surface area contributed by atoms with Crippen molar-refractivity contribution < 1.29 is 14.3 Å². The van der Waals surface area contributed by atoms with Crippen molar-refractivity contribution >= 4 is 17.8 Å². The second kappa shape index (κ2) is 11.0. The second-order valence-electron chi connectivity index (χ2n) is 6.95. The molecule has 0 saturated carbocycles. The van der Waals surface area contributed by atoms with Crippen molar-refractivity contribution in [2.45, 2.75) is 27.2 Å². The number of hydrazone groups is 1. The van der Waals surface area contributed by atoms with Crippen LogP contribution in [0.3, 0.4) is 0 Å². The summed E-state index contributed by atoms with van der Waals surface area (Å²) >= 11 is 0. The molecular formula is C22H29N3O3. The van der Waals surface area contributed by atoms with E-state index in [1.165, 1.54) is 5.56 Å². The maximum Gasteiger partial charge on any atom is 0.259 e. The summed E-state index contributed by atoms with van der Waals surface area (Å²) in [7, 11) is 1.60. The van der Waals surface area contributed by atoms with Crippen LogP contribution < -0.4 is 20.2 Å². The van der Waals surface area contributed by atoms with Crippen molar-refractivity contribution in [1.82, 2.24) is 5.43 Å². The molecule has 0 aliphatic heterocycles. The summed E-state index contributed by atoms with van der Waals surface area (Å²) in [6, 6.07) is 13.4. The molecule has 1 amide bonds. The van der Waals surface area contributed by atoms with Gasteiger partial charge < -0.3 is 14.8 Å². The van der Waals surface area contributed by atoms with Crippen LogP contribution in [-0.2, 0) is 4.79 Å². The van der Waals surface area contributed by atoms with Gasteiger partial charge in [-0.05, 0) is 55.2 Å². The normalized spacial score (nSPS) is 10.9. The molecule has 0 saturated heterocycles.